The number of aliphatic imine (C=N–C) groups is 1. The Balaban J connectivity index is 1.54. The highest BCUT2D eigenvalue weighted by Crippen LogP contribution is 2.40. The Hall–Kier alpha value is -3.92. The first kappa shape index (κ1) is 28.1. The van der Waals surface area contributed by atoms with Gasteiger partial charge in [-0.15, -0.1) is 0 Å². The number of benzene rings is 2. The number of hydrogen-bond donors (Lipinski definition) is 2. The SMILES string of the molecule is COc1cc(NC(=S)/N=C(/Nc2nc(C)cc(C)n2)N2CCC(Cc3ccccc3)CC2)cc(OC)c1OC. The van der Waals surface area contributed by atoms with Crippen molar-refractivity contribution < 1.29 is 14.2 Å². The lowest BCUT2D eigenvalue weighted by atomic mass is 9.90. The van der Waals surface area contributed by atoms with Gasteiger partial charge in [0.05, 0.1) is 21.3 Å². The summed E-state index contributed by atoms with van der Waals surface area (Å²) in [5.74, 6) is 3.28. The third-order valence-electron chi connectivity index (χ3n) is 6.61. The van der Waals surface area contributed by atoms with E-state index in [9.17, 15) is 0 Å². The maximum atomic E-state index is 5.66. The molecule has 1 aromatic heterocycles. The lowest BCUT2D eigenvalue weighted by Crippen LogP contribution is -2.43. The summed E-state index contributed by atoms with van der Waals surface area (Å²) < 4.78 is 16.4. The van der Waals surface area contributed by atoms with Gasteiger partial charge in [-0.3, -0.25) is 5.32 Å². The largest absolute Gasteiger partial charge is 0.493 e. The molecule has 0 unspecified atom stereocenters. The van der Waals surface area contributed by atoms with Gasteiger partial charge in [-0.05, 0) is 62.9 Å². The van der Waals surface area contributed by atoms with Crippen LogP contribution in [0.1, 0.15) is 29.8 Å². The molecule has 0 aliphatic carbocycles. The van der Waals surface area contributed by atoms with E-state index in [2.05, 4.69) is 55.8 Å². The molecular weight excluding hydrogens is 512 g/mol. The molecule has 0 atom stereocenters. The van der Waals surface area contributed by atoms with Crippen molar-refractivity contribution in [2.24, 2.45) is 10.9 Å². The quantitative estimate of drug-likeness (QED) is 0.234. The molecule has 2 heterocycles. The van der Waals surface area contributed by atoms with E-state index in [0.717, 1.165) is 43.7 Å². The molecule has 0 bridgehead atoms. The monoisotopic (exact) mass is 548 g/mol. The Morgan fingerprint density at radius 3 is 2.10 bits per heavy atom. The predicted molar refractivity (Wildman–Crippen MR) is 159 cm³/mol. The van der Waals surface area contributed by atoms with Crippen molar-refractivity contribution >= 4 is 34.9 Å². The lowest BCUT2D eigenvalue weighted by molar-refractivity contribution is 0.265. The zero-order valence-electron chi connectivity index (χ0n) is 23.2. The number of guanidine groups is 1. The van der Waals surface area contributed by atoms with E-state index < -0.39 is 0 Å². The second-order valence-corrected chi connectivity index (χ2v) is 9.89. The first-order valence-electron chi connectivity index (χ1n) is 13.0. The van der Waals surface area contributed by atoms with Gasteiger partial charge in [-0.25, -0.2) is 9.97 Å². The van der Waals surface area contributed by atoms with Crippen LogP contribution in [0.4, 0.5) is 11.6 Å². The first-order valence-corrected chi connectivity index (χ1v) is 13.4. The van der Waals surface area contributed by atoms with Gasteiger partial charge < -0.3 is 24.4 Å². The van der Waals surface area contributed by atoms with E-state index in [0.29, 0.717) is 40.8 Å². The molecule has 0 radical (unpaired) electrons. The molecule has 0 amide bonds. The van der Waals surface area contributed by atoms with Crippen LogP contribution in [-0.4, -0.2) is 60.4 Å². The molecule has 3 aromatic rings. The molecule has 0 spiro atoms. The maximum absolute atomic E-state index is 5.66. The van der Waals surface area contributed by atoms with Crippen molar-refractivity contribution in [1.82, 2.24) is 14.9 Å². The third-order valence-corrected chi connectivity index (χ3v) is 6.80. The van der Waals surface area contributed by atoms with Gasteiger partial charge in [0.15, 0.2) is 11.5 Å². The Morgan fingerprint density at radius 2 is 1.54 bits per heavy atom. The minimum Gasteiger partial charge on any atom is -0.493 e. The number of methoxy groups -OCH3 is 3. The summed E-state index contributed by atoms with van der Waals surface area (Å²) in [5, 5.41) is 6.80. The lowest BCUT2D eigenvalue weighted by Gasteiger charge is -2.34. The van der Waals surface area contributed by atoms with Crippen LogP contribution in [0.5, 0.6) is 17.2 Å². The summed E-state index contributed by atoms with van der Waals surface area (Å²) in [5.41, 5.74) is 3.80. The molecule has 4 rings (SSSR count). The number of rotatable bonds is 7. The molecule has 1 fully saturated rings. The molecule has 1 aliphatic rings. The van der Waals surface area contributed by atoms with Crippen molar-refractivity contribution in [1.29, 1.82) is 0 Å². The first-order chi connectivity index (χ1) is 18.9. The summed E-state index contributed by atoms with van der Waals surface area (Å²) in [4.78, 5) is 16.1. The van der Waals surface area contributed by atoms with Crippen LogP contribution >= 0.6 is 12.2 Å². The number of anilines is 2. The van der Waals surface area contributed by atoms with E-state index in [1.807, 2.05) is 19.9 Å². The number of aryl methyl sites for hydroxylation is 2. The fraction of sp³-hybridized carbons (Fsp3) is 0.379. The highest BCUT2D eigenvalue weighted by molar-refractivity contribution is 7.80. The van der Waals surface area contributed by atoms with Crippen LogP contribution in [0.15, 0.2) is 53.5 Å². The van der Waals surface area contributed by atoms with Gasteiger partial charge in [0.2, 0.25) is 22.8 Å². The zero-order valence-corrected chi connectivity index (χ0v) is 24.0. The van der Waals surface area contributed by atoms with Gasteiger partial charge in [-0.2, -0.15) is 4.99 Å². The van der Waals surface area contributed by atoms with Crippen LogP contribution in [0.3, 0.4) is 0 Å². The van der Waals surface area contributed by atoms with Crippen molar-refractivity contribution in [3.63, 3.8) is 0 Å². The fourth-order valence-electron chi connectivity index (χ4n) is 4.76. The standard InChI is InChI=1S/C29H36N6O3S/c1-19-15-20(2)31-27(30-19)33-28(35-13-11-22(12-14-35)16-21-9-7-6-8-10-21)34-29(39)32-23-17-24(36-3)26(38-5)25(18-23)37-4/h6-10,15,17-18,22H,11-14,16H2,1-5H3,(H2,30,31,32,33,34,39). The van der Waals surface area contributed by atoms with Crippen molar-refractivity contribution in [2.45, 2.75) is 33.1 Å². The van der Waals surface area contributed by atoms with Crippen LogP contribution in [0.2, 0.25) is 0 Å². The van der Waals surface area contributed by atoms with Crippen LogP contribution in [-0.2, 0) is 6.42 Å². The van der Waals surface area contributed by atoms with Crippen molar-refractivity contribution in [3.8, 4) is 17.2 Å². The van der Waals surface area contributed by atoms with Gasteiger partial charge in [-0.1, -0.05) is 30.3 Å². The minimum atomic E-state index is 0.280. The molecular formula is C29H36N6O3S. The topological polar surface area (TPSA) is 93.1 Å². The molecule has 206 valence electrons. The Kier molecular flexibility index (Phi) is 9.54. The Labute approximate surface area is 235 Å². The normalized spacial score (nSPS) is 14.1. The Morgan fingerprint density at radius 1 is 0.923 bits per heavy atom. The number of nitrogens with zero attached hydrogens (tertiary/aromatic N) is 4. The number of aromatic nitrogens is 2. The van der Waals surface area contributed by atoms with Gasteiger partial charge in [0.25, 0.3) is 0 Å². The van der Waals surface area contributed by atoms with Crippen LogP contribution < -0.4 is 24.8 Å². The average Bonchev–Trinajstić information content (AvgIpc) is 2.92. The molecule has 1 aliphatic heterocycles. The highest BCUT2D eigenvalue weighted by atomic mass is 32.1. The van der Waals surface area contributed by atoms with Crippen LogP contribution in [0, 0.1) is 19.8 Å². The number of thiocarbonyl (C=S) groups is 1. The molecule has 10 heteroatoms. The summed E-state index contributed by atoms with van der Waals surface area (Å²) in [6, 6.07) is 16.2. The number of piperidine rings is 1. The second kappa shape index (κ2) is 13.2. The summed E-state index contributed by atoms with van der Waals surface area (Å²) in [6.45, 7) is 5.59. The maximum Gasteiger partial charge on any atom is 0.229 e. The van der Waals surface area contributed by atoms with E-state index in [1.165, 1.54) is 5.56 Å². The number of ether oxygens (including phenoxy) is 3. The molecule has 39 heavy (non-hydrogen) atoms. The van der Waals surface area contributed by atoms with E-state index >= 15 is 0 Å². The van der Waals surface area contributed by atoms with Crippen molar-refractivity contribution in [2.75, 3.05) is 45.1 Å². The Bertz CT molecular complexity index is 1260. The van der Waals surface area contributed by atoms with Gasteiger partial charge in [0, 0.05) is 42.3 Å². The van der Waals surface area contributed by atoms with E-state index in [4.69, 9.17) is 31.4 Å². The van der Waals surface area contributed by atoms with E-state index in [1.54, 1.807) is 33.5 Å². The molecule has 0 saturated carbocycles. The number of nitrogens with one attached hydrogen (secondary N) is 2. The highest BCUT2D eigenvalue weighted by Gasteiger charge is 2.23. The number of hydrogen-bond acceptors (Lipinski definition) is 6. The van der Waals surface area contributed by atoms with Gasteiger partial charge >= 0.3 is 0 Å². The summed E-state index contributed by atoms with van der Waals surface area (Å²) in [6.07, 6.45) is 3.18. The summed E-state index contributed by atoms with van der Waals surface area (Å²) in [7, 11) is 4.72. The predicted octanol–water partition coefficient (Wildman–Crippen LogP) is 5.24. The number of likely N-dealkylation sites (tertiary alicyclic amines) is 1. The zero-order chi connectivity index (χ0) is 27.8. The van der Waals surface area contributed by atoms with Gasteiger partial charge in [0.1, 0.15) is 0 Å². The molecule has 2 aromatic carbocycles. The molecule has 2 N–H and O–H groups in total. The van der Waals surface area contributed by atoms with E-state index in [-0.39, 0.29) is 5.11 Å². The second-order valence-electron chi connectivity index (χ2n) is 9.50. The molecule has 1 saturated heterocycles. The fourth-order valence-corrected chi connectivity index (χ4v) is 4.96. The average molecular weight is 549 g/mol. The van der Waals surface area contributed by atoms with Crippen LogP contribution in [0.25, 0.3) is 0 Å². The third kappa shape index (κ3) is 7.57. The minimum absolute atomic E-state index is 0.280. The summed E-state index contributed by atoms with van der Waals surface area (Å²) >= 11 is 5.66. The smallest absolute Gasteiger partial charge is 0.229 e. The van der Waals surface area contributed by atoms with Crippen molar-refractivity contribution in [3.05, 3.63) is 65.5 Å². The molecule has 9 nitrogen and oxygen atoms in total.